The van der Waals surface area contributed by atoms with Gasteiger partial charge in [-0.15, -0.1) is 0 Å². The van der Waals surface area contributed by atoms with E-state index in [0.717, 1.165) is 47.0 Å². The highest BCUT2D eigenvalue weighted by molar-refractivity contribution is 6.06. The van der Waals surface area contributed by atoms with Gasteiger partial charge in [0.15, 0.2) is 6.61 Å². The second-order valence-corrected chi connectivity index (χ2v) is 7.65. The molecule has 4 rings (SSSR count). The first-order valence-electron chi connectivity index (χ1n) is 10.4. The van der Waals surface area contributed by atoms with Crippen molar-refractivity contribution in [3.63, 3.8) is 0 Å². The highest BCUT2D eigenvalue weighted by atomic mass is 16.5. The SMILES string of the molecule is Cc1ccc(N(CCC#N)C(=O)COC(=O)c2c3c(nc4ccccc24)CCC3)cc1. The van der Waals surface area contributed by atoms with Crippen LogP contribution in [0.25, 0.3) is 10.9 Å². The van der Waals surface area contributed by atoms with Crippen LogP contribution in [0.5, 0.6) is 0 Å². The number of benzene rings is 2. The molecule has 31 heavy (non-hydrogen) atoms. The lowest BCUT2D eigenvalue weighted by atomic mass is 10.0. The van der Waals surface area contributed by atoms with Crippen molar-refractivity contribution in [3.05, 3.63) is 70.9 Å². The van der Waals surface area contributed by atoms with Crippen LogP contribution in [0.4, 0.5) is 5.69 Å². The largest absolute Gasteiger partial charge is 0.452 e. The van der Waals surface area contributed by atoms with Crippen molar-refractivity contribution in [1.82, 2.24) is 4.98 Å². The summed E-state index contributed by atoms with van der Waals surface area (Å²) in [7, 11) is 0. The van der Waals surface area contributed by atoms with Crippen LogP contribution in [0.15, 0.2) is 48.5 Å². The summed E-state index contributed by atoms with van der Waals surface area (Å²) in [5.41, 5.74) is 4.89. The van der Waals surface area contributed by atoms with Crippen LogP contribution in [0.2, 0.25) is 0 Å². The lowest BCUT2D eigenvalue weighted by Gasteiger charge is -2.22. The van der Waals surface area contributed by atoms with Crippen molar-refractivity contribution in [2.24, 2.45) is 0 Å². The van der Waals surface area contributed by atoms with E-state index in [4.69, 9.17) is 10.00 Å². The van der Waals surface area contributed by atoms with Gasteiger partial charge in [0.25, 0.3) is 5.91 Å². The Kier molecular flexibility index (Phi) is 5.94. The number of esters is 1. The quantitative estimate of drug-likeness (QED) is 0.567. The van der Waals surface area contributed by atoms with Gasteiger partial charge in [-0.1, -0.05) is 35.9 Å². The minimum atomic E-state index is -0.505. The standard InChI is InChI=1S/C25H23N3O3/c1-17-10-12-18(13-11-17)28(15-5-14-26)23(29)16-31-25(30)24-19-6-2-3-8-21(19)27-22-9-4-7-20(22)24/h2-3,6,8,10-13H,4-5,7,9,15-16H2,1H3. The Morgan fingerprint density at radius 1 is 1.13 bits per heavy atom. The van der Waals surface area contributed by atoms with Crippen LogP contribution in [0, 0.1) is 18.3 Å². The molecule has 1 aromatic heterocycles. The molecule has 6 nitrogen and oxygen atoms in total. The van der Waals surface area contributed by atoms with Gasteiger partial charge in [0.1, 0.15) is 0 Å². The molecule has 2 aromatic carbocycles. The summed E-state index contributed by atoms with van der Waals surface area (Å²) >= 11 is 0. The summed E-state index contributed by atoms with van der Waals surface area (Å²) in [5.74, 6) is -0.864. The number of nitrogens with zero attached hydrogens (tertiary/aromatic N) is 3. The Morgan fingerprint density at radius 2 is 1.90 bits per heavy atom. The molecule has 3 aromatic rings. The minimum absolute atomic E-state index is 0.191. The molecule has 1 heterocycles. The van der Waals surface area contributed by atoms with Crippen molar-refractivity contribution in [1.29, 1.82) is 5.26 Å². The van der Waals surface area contributed by atoms with E-state index in [1.165, 1.54) is 4.90 Å². The van der Waals surface area contributed by atoms with Crippen LogP contribution in [-0.2, 0) is 22.4 Å². The monoisotopic (exact) mass is 413 g/mol. The lowest BCUT2D eigenvalue weighted by molar-refractivity contribution is -0.121. The van der Waals surface area contributed by atoms with Gasteiger partial charge in [0.05, 0.1) is 23.6 Å². The highest BCUT2D eigenvalue weighted by Gasteiger charge is 2.26. The van der Waals surface area contributed by atoms with Crippen LogP contribution < -0.4 is 4.90 Å². The number of aromatic nitrogens is 1. The molecule has 0 bridgehead atoms. The maximum absolute atomic E-state index is 13.1. The minimum Gasteiger partial charge on any atom is -0.452 e. The second kappa shape index (κ2) is 8.97. The number of amides is 1. The molecule has 0 saturated carbocycles. The Morgan fingerprint density at radius 3 is 2.68 bits per heavy atom. The summed E-state index contributed by atoms with van der Waals surface area (Å²) in [6, 6.07) is 17.0. The van der Waals surface area contributed by atoms with Crippen molar-refractivity contribution in [2.75, 3.05) is 18.1 Å². The van der Waals surface area contributed by atoms with E-state index >= 15 is 0 Å². The molecule has 0 atom stereocenters. The smallest absolute Gasteiger partial charge is 0.339 e. The van der Waals surface area contributed by atoms with Gasteiger partial charge < -0.3 is 9.64 Å². The van der Waals surface area contributed by atoms with Crippen LogP contribution in [0.1, 0.15) is 40.0 Å². The van der Waals surface area contributed by atoms with Crippen molar-refractivity contribution in [2.45, 2.75) is 32.6 Å². The van der Waals surface area contributed by atoms with Crippen molar-refractivity contribution >= 4 is 28.5 Å². The predicted molar refractivity (Wildman–Crippen MR) is 118 cm³/mol. The fourth-order valence-corrected chi connectivity index (χ4v) is 4.01. The number of carbonyl (C=O) groups excluding carboxylic acids is 2. The molecule has 0 radical (unpaired) electrons. The van der Waals surface area contributed by atoms with E-state index in [9.17, 15) is 9.59 Å². The zero-order valence-corrected chi connectivity index (χ0v) is 17.4. The Bertz CT molecular complexity index is 1180. The average molecular weight is 413 g/mol. The van der Waals surface area contributed by atoms with E-state index in [1.54, 1.807) is 0 Å². The molecule has 0 aliphatic heterocycles. The molecule has 0 N–H and O–H groups in total. The van der Waals surface area contributed by atoms with Gasteiger partial charge in [-0.3, -0.25) is 9.78 Å². The Balaban J connectivity index is 1.56. The molecule has 0 fully saturated rings. The maximum atomic E-state index is 13.1. The first-order valence-corrected chi connectivity index (χ1v) is 10.4. The normalized spacial score (nSPS) is 12.3. The molecule has 0 saturated heterocycles. The molecule has 1 aliphatic rings. The zero-order chi connectivity index (χ0) is 21.8. The van der Waals surface area contributed by atoms with E-state index in [-0.39, 0.29) is 25.5 Å². The van der Waals surface area contributed by atoms with Crippen molar-refractivity contribution in [3.8, 4) is 6.07 Å². The molecule has 0 spiro atoms. The number of para-hydroxylation sites is 1. The number of carbonyl (C=O) groups is 2. The molecule has 1 amide bonds. The van der Waals surface area contributed by atoms with Crippen molar-refractivity contribution < 1.29 is 14.3 Å². The lowest BCUT2D eigenvalue weighted by Crippen LogP contribution is -2.35. The number of hydrogen-bond donors (Lipinski definition) is 0. The van der Waals surface area contributed by atoms with E-state index in [1.807, 2.05) is 55.5 Å². The molecule has 0 unspecified atom stereocenters. The number of nitriles is 1. The summed E-state index contributed by atoms with van der Waals surface area (Å²) in [6.45, 7) is 1.82. The molecular formula is C25H23N3O3. The molecule has 156 valence electrons. The number of aryl methyl sites for hydroxylation is 2. The van der Waals surface area contributed by atoms with Crippen LogP contribution in [0.3, 0.4) is 0 Å². The van der Waals surface area contributed by atoms with Gasteiger partial charge in [0.2, 0.25) is 0 Å². The summed E-state index contributed by atoms with van der Waals surface area (Å²) in [5, 5.41) is 9.72. The van der Waals surface area contributed by atoms with Gasteiger partial charge >= 0.3 is 5.97 Å². The summed E-state index contributed by atoms with van der Waals surface area (Å²) < 4.78 is 5.49. The number of rotatable bonds is 6. The van der Waals surface area contributed by atoms with E-state index < -0.39 is 5.97 Å². The van der Waals surface area contributed by atoms with Gasteiger partial charge in [-0.25, -0.2) is 4.79 Å². The third-order valence-electron chi connectivity index (χ3n) is 5.54. The van der Waals surface area contributed by atoms with Gasteiger partial charge in [-0.2, -0.15) is 5.26 Å². The second-order valence-electron chi connectivity index (χ2n) is 7.65. The fraction of sp³-hybridized carbons (Fsp3) is 0.280. The first-order chi connectivity index (χ1) is 15.1. The van der Waals surface area contributed by atoms with E-state index in [2.05, 4.69) is 11.1 Å². The first kappa shape index (κ1) is 20.5. The van der Waals surface area contributed by atoms with Gasteiger partial charge in [-0.05, 0) is 49.9 Å². The third-order valence-corrected chi connectivity index (χ3v) is 5.54. The van der Waals surface area contributed by atoms with Crippen LogP contribution in [-0.4, -0.2) is 30.0 Å². The summed E-state index contributed by atoms with van der Waals surface area (Å²) in [6.07, 6.45) is 2.77. The molecular weight excluding hydrogens is 390 g/mol. The number of ether oxygens (including phenoxy) is 1. The summed E-state index contributed by atoms with van der Waals surface area (Å²) in [4.78, 5) is 32.1. The van der Waals surface area contributed by atoms with Gasteiger partial charge in [0, 0.05) is 23.3 Å². The van der Waals surface area contributed by atoms with E-state index in [0.29, 0.717) is 11.3 Å². The highest BCUT2D eigenvalue weighted by Crippen LogP contribution is 2.30. The predicted octanol–water partition coefficient (Wildman–Crippen LogP) is 4.14. The average Bonchev–Trinajstić information content (AvgIpc) is 3.25. The maximum Gasteiger partial charge on any atom is 0.339 e. The number of fused-ring (bicyclic) bond motifs is 2. The number of anilines is 1. The third kappa shape index (κ3) is 4.26. The molecule has 1 aliphatic carbocycles. The zero-order valence-electron chi connectivity index (χ0n) is 17.4. The van der Waals surface area contributed by atoms with Crippen LogP contribution >= 0.6 is 0 Å². The topological polar surface area (TPSA) is 83.3 Å². The fourth-order valence-electron chi connectivity index (χ4n) is 4.01. The Labute approximate surface area is 181 Å². The molecule has 6 heteroatoms. The number of hydrogen-bond acceptors (Lipinski definition) is 5. The number of pyridine rings is 1. The Hall–Kier alpha value is -3.72.